The number of nitrogens with zero attached hydrogens (tertiary/aromatic N) is 1. The van der Waals surface area contributed by atoms with Crippen LogP contribution in [0.5, 0.6) is 5.88 Å². The van der Waals surface area contributed by atoms with Gasteiger partial charge in [-0.05, 0) is 31.5 Å². The summed E-state index contributed by atoms with van der Waals surface area (Å²) < 4.78 is 24.9. The highest BCUT2D eigenvalue weighted by Crippen LogP contribution is 2.33. The van der Waals surface area contributed by atoms with Crippen LogP contribution < -0.4 is 10.1 Å². The van der Waals surface area contributed by atoms with Crippen LogP contribution in [0.1, 0.15) is 19.3 Å². The van der Waals surface area contributed by atoms with Gasteiger partial charge in [-0.25, -0.2) is 9.37 Å². The maximum absolute atomic E-state index is 13.4. The second-order valence-corrected chi connectivity index (χ2v) is 5.01. The molecule has 2 aliphatic rings. The van der Waals surface area contributed by atoms with Crippen LogP contribution in [-0.2, 0) is 4.74 Å². The minimum atomic E-state index is -0.416. The summed E-state index contributed by atoms with van der Waals surface area (Å²) >= 11 is 0. The van der Waals surface area contributed by atoms with Crippen molar-refractivity contribution in [3.05, 3.63) is 24.1 Å². The summed E-state index contributed by atoms with van der Waals surface area (Å²) in [6.45, 7) is 2.42. The van der Waals surface area contributed by atoms with E-state index in [4.69, 9.17) is 9.47 Å². The number of rotatable bonds is 2. The van der Waals surface area contributed by atoms with E-state index in [1.165, 1.54) is 12.3 Å². The summed E-state index contributed by atoms with van der Waals surface area (Å²) in [7, 11) is 0. The van der Waals surface area contributed by atoms with E-state index in [-0.39, 0.29) is 42.4 Å². The Labute approximate surface area is 130 Å². The Morgan fingerprint density at radius 2 is 2.30 bits per heavy atom. The molecule has 0 saturated carbocycles. The molecule has 1 aromatic heterocycles. The van der Waals surface area contributed by atoms with Crippen LogP contribution in [0.2, 0.25) is 0 Å². The van der Waals surface area contributed by atoms with Gasteiger partial charge in [0, 0.05) is 19.2 Å². The van der Waals surface area contributed by atoms with Gasteiger partial charge in [-0.1, -0.05) is 0 Å². The number of hydrogen-bond donors (Lipinski definition) is 1. The molecular weight excluding hydrogens is 306 g/mol. The van der Waals surface area contributed by atoms with E-state index in [0.29, 0.717) is 6.61 Å². The maximum atomic E-state index is 13.4. The Morgan fingerprint density at radius 1 is 1.45 bits per heavy atom. The van der Waals surface area contributed by atoms with Crippen LogP contribution >= 0.6 is 24.8 Å². The van der Waals surface area contributed by atoms with E-state index in [9.17, 15) is 4.39 Å². The molecule has 0 unspecified atom stereocenters. The Morgan fingerprint density at radius 3 is 3.00 bits per heavy atom. The number of halogens is 3. The Kier molecular flexibility index (Phi) is 6.45. The fourth-order valence-electron chi connectivity index (χ4n) is 2.73. The second kappa shape index (κ2) is 7.41. The summed E-state index contributed by atoms with van der Waals surface area (Å²) in [5.74, 6) is -0.341. The van der Waals surface area contributed by atoms with Gasteiger partial charge >= 0.3 is 0 Å². The van der Waals surface area contributed by atoms with Gasteiger partial charge in [0.2, 0.25) is 0 Å². The minimum absolute atomic E-state index is 0. The van der Waals surface area contributed by atoms with E-state index in [1.54, 1.807) is 6.07 Å². The van der Waals surface area contributed by atoms with Crippen molar-refractivity contribution in [1.82, 2.24) is 10.3 Å². The Hall–Kier alpha value is -0.620. The molecule has 3 rings (SSSR count). The number of nitrogens with one attached hydrogen (secondary N) is 1. The molecule has 20 heavy (non-hydrogen) atoms. The van der Waals surface area contributed by atoms with Gasteiger partial charge in [0.1, 0.15) is 6.10 Å². The van der Waals surface area contributed by atoms with Crippen LogP contribution in [0.4, 0.5) is 4.39 Å². The standard InChI is InChI=1S/C13H17FN2O2.2ClH/c14-11-3-1-6-16-12(11)18-10-7-13(17-8-10)4-2-5-15-9-13;;/h1,3,6,10,15H,2,4-5,7-9H2;2*1H/t10-,13+;;/m0../s1. The molecule has 0 bridgehead atoms. The number of piperidine rings is 1. The lowest BCUT2D eigenvalue weighted by Crippen LogP contribution is -2.45. The first-order valence-corrected chi connectivity index (χ1v) is 6.39. The SMILES string of the molecule is Cl.Cl.Fc1cccnc1O[C@@H]1CO[C@]2(CCCNC2)C1. The average molecular weight is 325 g/mol. The average Bonchev–Trinajstić information content (AvgIpc) is 2.76. The lowest BCUT2D eigenvalue weighted by atomic mass is 9.90. The van der Waals surface area contributed by atoms with E-state index < -0.39 is 5.82 Å². The van der Waals surface area contributed by atoms with Gasteiger partial charge in [-0.15, -0.1) is 24.8 Å². The van der Waals surface area contributed by atoms with Gasteiger partial charge in [-0.2, -0.15) is 0 Å². The Bertz CT molecular complexity index is 431. The molecule has 1 N–H and O–H groups in total. The summed E-state index contributed by atoms with van der Waals surface area (Å²) in [5, 5.41) is 3.34. The molecule has 2 saturated heterocycles. The normalized spacial score (nSPS) is 28.6. The zero-order valence-corrected chi connectivity index (χ0v) is 12.6. The number of aromatic nitrogens is 1. The molecule has 3 heterocycles. The monoisotopic (exact) mass is 324 g/mol. The van der Waals surface area contributed by atoms with Crippen molar-refractivity contribution in [3.63, 3.8) is 0 Å². The van der Waals surface area contributed by atoms with Gasteiger partial charge < -0.3 is 14.8 Å². The third kappa shape index (κ3) is 3.73. The van der Waals surface area contributed by atoms with Gasteiger partial charge in [0.15, 0.2) is 5.82 Å². The van der Waals surface area contributed by atoms with Crippen molar-refractivity contribution in [1.29, 1.82) is 0 Å². The molecule has 114 valence electrons. The van der Waals surface area contributed by atoms with Crippen molar-refractivity contribution in [3.8, 4) is 5.88 Å². The molecular formula is C13H19Cl2FN2O2. The van der Waals surface area contributed by atoms with Crippen molar-refractivity contribution in [2.45, 2.75) is 31.0 Å². The summed E-state index contributed by atoms with van der Waals surface area (Å²) in [5.41, 5.74) is -0.117. The topological polar surface area (TPSA) is 43.4 Å². The van der Waals surface area contributed by atoms with Gasteiger partial charge in [-0.3, -0.25) is 0 Å². The van der Waals surface area contributed by atoms with Crippen molar-refractivity contribution in [2.24, 2.45) is 0 Å². The molecule has 2 atom stereocenters. The lowest BCUT2D eigenvalue weighted by molar-refractivity contribution is -0.0154. The quantitative estimate of drug-likeness (QED) is 0.907. The third-order valence-corrected chi connectivity index (χ3v) is 3.61. The lowest BCUT2D eigenvalue weighted by Gasteiger charge is -2.32. The molecule has 0 aliphatic carbocycles. The van der Waals surface area contributed by atoms with Crippen LogP contribution in [0.25, 0.3) is 0 Å². The van der Waals surface area contributed by atoms with Gasteiger partial charge in [0.05, 0.1) is 12.2 Å². The van der Waals surface area contributed by atoms with Crippen LogP contribution in [0.3, 0.4) is 0 Å². The zero-order chi connectivity index (χ0) is 12.4. The smallest absolute Gasteiger partial charge is 0.250 e. The van der Waals surface area contributed by atoms with E-state index >= 15 is 0 Å². The predicted molar refractivity (Wildman–Crippen MR) is 78.5 cm³/mol. The highest BCUT2D eigenvalue weighted by Gasteiger charge is 2.42. The molecule has 0 radical (unpaired) electrons. The molecule has 1 aromatic rings. The molecule has 1 spiro atoms. The molecule has 2 fully saturated rings. The Balaban J connectivity index is 0.000001000. The highest BCUT2D eigenvalue weighted by atomic mass is 35.5. The van der Waals surface area contributed by atoms with Crippen LogP contribution in [-0.4, -0.2) is 36.4 Å². The van der Waals surface area contributed by atoms with Crippen LogP contribution in [0.15, 0.2) is 18.3 Å². The van der Waals surface area contributed by atoms with Crippen LogP contribution in [0, 0.1) is 5.82 Å². The summed E-state index contributed by atoms with van der Waals surface area (Å²) in [4.78, 5) is 3.91. The molecule has 7 heteroatoms. The molecule has 2 aliphatic heterocycles. The van der Waals surface area contributed by atoms with E-state index in [0.717, 1.165) is 32.4 Å². The fraction of sp³-hybridized carbons (Fsp3) is 0.615. The first-order valence-electron chi connectivity index (χ1n) is 6.39. The molecule has 4 nitrogen and oxygen atoms in total. The first kappa shape index (κ1) is 17.4. The van der Waals surface area contributed by atoms with E-state index in [1.807, 2.05) is 0 Å². The maximum Gasteiger partial charge on any atom is 0.250 e. The summed E-state index contributed by atoms with van der Waals surface area (Å²) in [6.07, 6.45) is 4.39. The molecule has 0 amide bonds. The van der Waals surface area contributed by atoms with Crippen molar-refractivity contribution < 1.29 is 13.9 Å². The van der Waals surface area contributed by atoms with Crippen molar-refractivity contribution in [2.75, 3.05) is 19.7 Å². The third-order valence-electron chi connectivity index (χ3n) is 3.61. The predicted octanol–water partition coefficient (Wildman–Crippen LogP) is 2.35. The van der Waals surface area contributed by atoms with Crippen molar-refractivity contribution >= 4 is 24.8 Å². The second-order valence-electron chi connectivity index (χ2n) is 5.01. The van der Waals surface area contributed by atoms with Gasteiger partial charge in [0.25, 0.3) is 5.88 Å². The minimum Gasteiger partial charge on any atom is -0.470 e. The number of pyridine rings is 1. The first-order chi connectivity index (χ1) is 8.77. The van der Waals surface area contributed by atoms with E-state index in [2.05, 4.69) is 10.3 Å². The number of ether oxygens (including phenoxy) is 2. The summed E-state index contributed by atoms with van der Waals surface area (Å²) in [6, 6.07) is 2.91. The molecule has 0 aromatic carbocycles. The highest BCUT2D eigenvalue weighted by molar-refractivity contribution is 5.85. The zero-order valence-electron chi connectivity index (χ0n) is 11.0. The number of hydrogen-bond acceptors (Lipinski definition) is 4. The largest absolute Gasteiger partial charge is 0.470 e. The fourth-order valence-corrected chi connectivity index (χ4v) is 2.73.